The molecule has 0 bridgehead atoms. The Morgan fingerprint density at radius 2 is 1.54 bits per heavy atom. The maximum atomic E-state index is 12.3. The van der Waals surface area contributed by atoms with Gasteiger partial charge in [-0.15, -0.1) is 0 Å². The van der Waals surface area contributed by atoms with Gasteiger partial charge >= 0.3 is 5.97 Å². The predicted octanol–water partition coefficient (Wildman–Crippen LogP) is 3.13. The van der Waals surface area contributed by atoms with Gasteiger partial charge in [0.15, 0.2) is 13.2 Å². The number of ketones is 1. The molecular weight excluding hydrogens is 336 g/mol. The van der Waals surface area contributed by atoms with E-state index in [1.54, 1.807) is 18.2 Å². The van der Waals surface area contributed by atoms with Crippen molar-refractivity contribution in [2.45, 2.75) is 13.8 Å². The molecule has 6 heteroatoms. The van der Waals surface area contributed by atoms with Gasteiger partial charge in [-0.1, -0.05) is 6.07 Å². The van der Waals surface area contributed by atoms with Gasteiger partial charge in [-0.2, -0.15) is 0 Å². The van der Waals surface area contributed by atoms with Crippen LogP contribution in [0.15, 0.2) is 36.4 Å². The molecule has 0 fully saturated rings. The highest BCUT2D eigenvalue weighted by Crippen LogP contribution is 2.24. The minimum atomic E-state index is -0.626. The Bertz CT molecular complexity index is 777. The van der Waals surface area contributed by atoms with E-state index >= 15 is 0 Å². The quantitative estimate of drug-likeness (QED) is 0.533. The van der Waals surface area contributed by atoms with Gasteiger partial charge in [0.25, 0.3) is 0 Å². The standard InChI is InChI=1S/C20H22O6/c1-13-7-14(2)9-16(8-13)25-12-20(22)26-11-18(21)17-10-15(23-3)5-6-19(17)24-4/h5-10H,11-12H2,1-4H3. The monoisotopic (exact) mass is 358 g/mol. The van der Waals surface area contributed by atoms with E-state index in [1.165, 1.54) is 14.2 Å². The van der Waals surface area contributed by atoms with Crippen LogP contribution in [0.1, 0.15) is 21.5 Å². The van der Waals surface area contributed by atoms with Crippen molar-refractivity contribution in [3.63, 3.8) is 0 Å². The van der Waals surface area contributed by atoms with Gasteiger partial charge in [-0.05, 0) is 55.3 Å². The molecule has 138 valence electrons. The van der Waals surface area contributed by atoms with Gasteiger partial charge < -0.3 is 18.9 Å². The summed E-state index contributed by atoms with van der Waals surface area (Å²) in [6, 6.07) is 10.5. The van der Waals surface area contributed by atoms with Crippen LogP contribution in [0.4, 0.5) is 0 Å². The van der Waals surface area contributed by atoms with Crippen molar-refractivity contribution >= 4 is 11.8 Å². The van der Waals surface area contributed by atoms with E-state index in [-0.39, 0.29) is 18.0 Å². The van der Waals surface area contributed by atoms with E-state index in [2.05, 4.69) is 0 Å². The number of aryl methyl sites for hydroxylation is 2. The van der Waals surface area contributed by atoms with Gasteiger partial charge in [-0.3, -0.25) is 4.79 Å². The van der Waals surface area contributed by atoms with Crippen LogP contribution in [0.5, 0.6) is 17.2 Å². The molecule has 0 N–H and O–H groups in total. The average Bonchev–Trinajstić information content (AvgIpc) is 2.63. The Morgan fingerprint density at radius 1 is 0.846 bits per heavy atom. The van der Waals surface area contributed by atoms with Crippen LogP contribution in [-0.2, 0) is 9.53 Å². The third-order valence-corrected chi connectivity index (χ3v) is 3.62. The first-order valence-electron chi connectivity index (χ1n) is 8.05. The summed E-state index contributed by atoms with van der Waals surface area (Å²) >= 11 is 0. The number of hydrogen-bond donors (Lipinski definition) is 0. The zero-order chi connectivity index (χ0) is 19.1. The first kappa shape index (κ1) is 19.3. The van der Waals surface area contributed by atoms with E-state index in [9.17, 15) is 9.59 Å². The van der Waals surface area contributed by atoms with Crippen LogP contribution >= 0.6 is 0 Å². The summed E-state index contributed by atoms with van der Waals surface area (Å²) in [5, 5.41) is 0. The predicted molar refractivity (Wildman–Crippen MR) is 96.2 cm³/mol. The molecule has 0 heterocycles. The van der Waals surface area contributed by atoms with Gasteiger partial charge in [0, 0.05) is 0 Å². The topological polar surface area (TPSA) is 71.1 Å². The summed E-state index contributed by atoms with van der Waals surface area (Å²) in [6.07, 6.45) is 0. The lowest BCUT2D eigenvalue weighted by molar-refractivity contribution is -0.144. The fraction of sp³-hybridized carbons (Fsp3) is 0.300. The number of carbonyl (C=O) groups is 2. The number of ether oxygens (including phenoxy) is 4. The molecule has 6 nitrogen and oxygen atoms in total. The fourth-order valence-electron chi connectivity index (χ4n) is 2.46. The zero-order valence-electron chi connectivity index (χ0n) is 15.3. The van der Waals surface area contributed by atoms with Crippen LogP contribution in [0.2, 0.25) is 0 Å². The smallest absolute Gasteiger partial charge is 0.344 e. The lowest BCUT2D eigenvalue weighted by Gasteiger charge is -2.11. The number of benzene rings is 2. The van der Waals surface area contributed by atoms with E-state index in [1.807, 2.05) is 32.0 Å². The summed E-state index contributed by atoms with van der Waals surface area (Å²) in [5.74, 6) is 0.470. The number of hydrogen-bond acceptors (Lipinski definition) is 6. The third kappa shape index (κ3) is 5.24. The zero-order valence-corrected chi connectivity index (χ0v) is 15.3. The molecule has 0 amide bonds. The van der Waals surface area contributed by atoms with E-state index < -0.39 is 12.6 Å². The maximum Gasteiger partial charge on any atom is 0.344 e. The van der Waals surface area contributed by atoms with Crippen LogP contribution in [0.3, 0.4) is 0 Å². The third-order valence-electron chi connectivity index (χ3n) is 3.62. The second-order valence-electron chi connectivity index (χ2n) is 5.76. The molecule has 2 rings (SSSR count). The molecule has 0 saturated carbocycles. The molecule has 0 aliphatic rings. The van der Waals surface area contributed by atoms with Crippen molar-refractivity contribution in [3.05, 3.63) is 53.1 Å². The maximum absolute atomic E-state index is 12.3. The minimum Gasteiger partial charge on any atom is -0.497 e. The van der Waals surface area contributed by atoms with Crippen molar-refractivity contribution in [1.82, 2.24) is 0 Å². The minimum absolute atomic E-state index is 0.272. The van der Waals surface area contributed by atoms with E-state index in [0.29, 0.717) is 17.2 Å². The Kier molecular flexibility index (Phi) is 6.60. The summed E-state index contributed by atoms with van der Waals surface area (Å²) in [6.45, 7) is 3.21. The molecule has 26 heavy (non-hydrogen) atoms. The Morgan fingerprint density at radius 3 is 2.15 bits per heavy atom. The summed E-state index contributed by atoms with van der Waals surface area (Å²) in [5.41, 5.74) is 2.36. The molecule has 0 aromatic heterocycles. The highest BCUT2D eigenvalue weighted by molar-refractivity contribution is 6.00. The molecule has 0 atom stereocenters. The highest BCUT2D eigenvalue weighted by atomic mass is 16.6. The molecule has 0 unspecified atom stereocenters. The van der Waals surface area contributed by atoms with Gasteiger partial charge in [-0.25, -0.2) is 4.79 Å². The molecular formula is C20H22O6. The summed E-state index contributed by atoms with van der Waals surface area (Å²) in [4.78, 5) is 24.2. The number of carbonyl (C=O) groups excluding carboxylic acids is 2. The van der Waals surface area contributed by atoms with Crippen molar-refractivity contribution in [2.24, 2.45) is 0 Å². The normalized spacial score (nSPS) is 10.2. The van der Waals surface area contributed by atoms with Crippen LogP contribution in [0, 0.1) is 13.8 Å². The Hall–Kier alpha value is -3.02. The molecule has 2 aromatic rings. The van der Waals surface area contributed by atoms with Gasteiger partial charge in [0.2, 0.25) is 5.78 Å². The van der Waals surface area contributed by atoms with Crippen LogP contribution in [0.25, 0.3) is 0 Å². The molecule has 0 spiro atoms. The van der Waals surface area contributed by atoms with E-state index in [0.717, 1.165) is 11.1 Å². The van der Waals surface area contributed by atoms with Crippen molar-refractivity contribution in [2.75, 3.05) is 27.4 Å². The van der Waals surface area contributed by atoms with E-state index in [4.69, 9.17) is 18.9 Å². The second-order valence-corrected chi connectivity index (χ2v) is 5.76. The fourth-order valence-corrected chi connectivity index (χ4v) is 2.46. The Labute approximate surface area is 152 Å². The first-order valence-corrected chi connectivity index (χ1v) is 8.05. The second kappa shape index (κ2) is 8.89. The lowest BCUT2D eigenvalue weighted by atomic mass is 10.1. The number of methoxy groups -OCH3 is 2. The number of rotatable bonds is 8. The van der Waals surface area contributed by atoms with Gasteiger partial charge in [0.1, 0.15) is 17.2 Å². The first-order chi connectivity index (χ1) is 12.4. The number of Topliss-reactive ketones (excluding diaryl/α,β-unsaturated/α-hetero) is 1. The van der Waals surface area contributed by atoms with Crippen LogP contribution in [-0.4, -0.2) is 39.2 Å². The summed E-state index contributed by atoms with van der Waals surface area (Å²) < 4.78 is 20.7. The SMILES string of the molecule is COc1ccc(OC)c(C(=O)COC(=O)COc2cc(C)cc(C)c2)c1. The van der Waals surface area contributed by atoms with Crippen molar-refractivity contribution < 1.29 is 28.5 Å². The average molecular weight is 358 g/mol. The summed E-state index contributed by atoms with van der Waals surface area (Å²) in [7, 11) is 2.96. The van der Waals surface area contributed by atoms with Crippen LogP contribution < -0.4 is 14.2 Å². The number of esters is 1. The van der Waals surface area contributed by atoms with Crippen molar-refractivity contribution in [1.29, 1.82) is 0 Å². The highest BCUT2D eigenvalue weighted by Gasteiger charge is 2.16. The molecule has 2 aromatic carbocycles. The van der Waals surface area contributed by atoms with Crippen molar-refractivity contribution in [3.8, 4) is 17.2 Å². The molecule has 0 radical (unpaired) electrons. The molecule has 0 aliphatic heterocycles. The molecule has 0 saturated heterocycles. The Balaban J connectivity index is 1.91. The largest absolute Gasteiger partial charge is 0.497 e. The lowest BCUT2D eigenvalue weighted by Crippen LogP contribution is -2.20. The molecule has 0 aliphatic carbocycles. The van der Waals surface area contributed by atoms with Gasteiger partial charge in [0.05, 0.1) is 19.8 Å².